The Hall–Kier alpha value is -3.22. The third-order valence-electron chi connectivity index (χ3n) is 4.90. The Morgan fingerprint density at radius 1 is 1.30 bits per heavy atom. The van der Waals surface area contributed by atoms with Crippen LogP contribution in [0.5, 0.6) is 0 Å². The van der Waals surface area contributed by atoms with Crippen molar-refractivity contribution in [3.8, 4) is 0 Å². The Balaban J connectivity index is 1.52. The van der Waals surface area contributed by atoms with Gasteiger partial charge in [-0.25, -0.2) is 4.39 Å². The average molecular weight is 366 g/mol. The Bertz CT molecular complexity index is 1010. The molecule has 7 heteroatoms. The molecular formula is C20H19FN4O2. The van der Waals surface area contributed by atoms with E-state index in [1.54, 1.807) is 12.1 Å². The van der Waals surface area contributed by atoms with Crippen LogP contribution in [0.25, 0.3) is 10.9 Å². The van der Waals surface area contributed by atoms with E-state index >= 15 is 0 Å². The van der Waals surface area contributed by atoms with Gasteiger partial charge in [-0.05, 0) is 36.2 Å². The molecule has 1 saturated heterocycles. The molecule has 138 valence electrons. The van der Waals surface area contributed by atoms with E-state index in [9.17, 15) is 14.0 Å². The van der Waals surface area contributed by atoms with Gasteiger partial charge in [0.15, 0.2) is 5.82 Å². The van der Waals surface area contributed by atoms with E-state index in [-0.39, 0.29) is 36.0 Å². The number of benzene rings is 2. The standard InChI is InChI=1S/C20H19FN4O2/c1-2-12-6-8-14(9-7-12)22-20(27)13-10-17(26)25(11-13)19-18-15(21)4-3-5-16(18)23-24-19/h3-9,13H,2,10-11H2,1H3,(H,22,27)(H,23,24)/t13-/m0/s1. The van der Waals surface area contributed by atoms with Crippen molar-refractivity contribution < 1.29 is 14.0 Å². The van der Waals surface area contributed by atoms with E-state index in [1.807, 2.05) is 24.3 Å². The number of nitrogens with one attached hydrogen (secondary N) is 2. The average Bonchev–Trinajstić information content (AvgIpc) is 3.26. The van der Waals surface area contributed by atoms with E-state index in [2.05, 4.69) is 22.4 Å². The maximum Gasteiger partial charge on any atom is 0.229 e. The van der Waals surface area contributed by atoms with E-state index in [0.29, 0.717) is 11.2 Å². The summed E-state index contributed by atoms with van der Waals surface area (Å²) in [5.74, 6) is -1.20. The van der Waals surface area contributed by atoms with Gasteiger partial charge in [0, 0.05) is 18.7 Å². The van der Waals surface area contributed by atoms with E-state index in [0.717, 1.165) is 6.42 Å². The number of carbonyl (C=O) groups is 2. The number of nitrogens with zero attached hydrogens (tertiary/aromatic N) is 2. The van der Waals surface area contributed by atoms with Crippen LogP contribution in [0.15, 0.2) is 42.5 Å². The first kappa shape index (κ1) is 17.2. The fourth-order valence-corrected chi connectivity index (χ4v) is 3.36. The number of aromatic nitrogens is 2. The highest BCUT2D eigenvalue weighted by atomic mass is 19.1. The predicted molar refractivity (Wildman–Crippen MR) is 101 cm³/mol. The highest BCUT2D eigenvalue weighted by Gasteiger charge is 2.37. The molecule has 1 aliphatic rings. The Morgan fingerprint density at radius 2 is 2.07 bits per heavy atom. The number of H-pyrrole nitrogens is 1. The molecule has 0 bridgehead atoms. The van der Waals surface area contributed by atoms with Gasteiger partial charge in [0.25, 0.3) is 0 Å². The number of aromatic amines is 1. The van der Waals surface area contributed by atoms with Gasteiger partial charge in [0.2, 0.25) is 11.8 Å². The molecule has 1 fully saturated rings. The van der Waals surface area contributed by atoms with Crippen molar-refractivity contribution in [1.29, 1.82) is 0 Å². The van der Waals surface area contributed by atoms with Crippen LogP contribution in [0.3, 0.4) is 0 Å². The lowest BCUT2D eigenvalue weighted by molar-refractivity contribution is -0.122. The van der Waals surface area contributed by atoms with Gasteiger partial charge in [-0.15, -0.1) is 0 Å². The molecule has 2 amide bonds. The second-order valence-corrected chi connectivity index (χ2v) is 6.65. The number of hydrogen-bond acceptors (Lipinski definition) is 3. The lowest BCUT2D eigenvalue weighted by atomic mass is 10.1. The molecule has 1 aromatic heterocycles. The molecule has 3 aromatic rings. The summed E-state index contributed by atoms with van der Waals surface area (Å²) in [7, 11) is 0. The van der Waals surface area contributed by atoms with Crippen LogP contribution >= 0.6 is 0 Å². The lowest BCUT2D eigenvalue weighted by Gasteiger charge is -2.14. The molecule has 2 aromatic carbocycles. The molecule has 0 spiro atoms. The van der Waals surface area contributed by atoms with Gasteiger partial charge in [-0.1, -0.05) is 25.1 Å². The summed E-state index contributed by atoms with van der Waals surface area (Å²) in [6, 6.07) is 12.2. The van der Waals surface area contributed by atoms with Gasteiger partial charge in [-0.3, -0.25) is 19.6 Å². The summed E-state index contributed by atoms with van der Waals surface area (Å²) in [6.45, 7) is 2.24. The number of anilines is 2. The summed E-state index contributed by atoms with van der Waals surface area (Å²) < 4.78 is 14.2. The summed E-state index contributed by atoms with van der Waals surface area (Å²) >= 11 is 0. The van der Waals surface area contributed by atoms with Gasteiger partial charge in [0.1, 0.15) is 5.82 Å². The zero-order chi connectivity index (χ0) is 19.0. The molecule has 2 N–H and O–H groups in total. The largest absolute Gasteiger partial charge is 0.326 e. The minimum Gasteiger partial charge on any atom is -0.326 e. The van der Waals surface area contributed by atoms with Crippen molar-refractivity contribution in [2.24, 2.45) is 5.92 Å². The van der Waals surface area contributed by atoms with Crippen LogP contribution in [0, 0.1) is 11.7 Å². The fraction of sp³-hybridized carbons (Fsp3) is 0.250. The first-order valence-electron chi connectivity index (χ1n) is 8.89. The van der Waals surface area contributed by atoms with Crippen molar-refractivity contribution in [3.63, 3.8) is 0 Å². The third-order valence-corrected chi connectivity index (χ3v) is 4.90. The Kier molecular flexibility index (Phi) is 4.35. The number of carbonyl (C=O) groups excluding carboxylic acids is 2. The normalized spacial score (nSPS) is 16.9. The van der Waals surface area contributed by atoms with E-state index in [1.165, 1.54) is 16.5 Å². The highest BCUT2D eigenvalue weighted by Crippen LogP contribution is 2.31. The zero-order valence-corrected chi connectivity index (χ0v) is 14.8. The minimum absolute atomic E-state index is 0.0711. The van der Waals surface area contributed by atoms with Crippen LogP contribution in [-0.2, 0) is 16.0 Å². The summed E-state index contributed by atoms with van der Waals surface area (Å²) in [5.41, 5.74) is 2.39. The van der Waals surface area contributed by atoms with Crippen molar-refractivity contribution in [1.82, 2.24) is 10.2 Å². The zero-order valence-electron chi connectivity index (χ0n) is 14.8. The van der Waals surface area contributed by atoms with Crippen molar-refractivity contribution in [2.45, 2.75) is 19.8 Å². The maximum atomic E-state index is 14.2. The minimum atomic E-state index is -0.512. The van der Waals surface area contributed by atoms with Crippen LogP contribution in [0.1, 0.15) is 18.9 Å². The smallest absolute Gasteiger partial charge is 0.229 e. The quantitative estimate of drug-likeness (QED) is 0.744. The lowest BCUT2D eigenvalue weighted by Crippen LogP contribution is -2.28. The summed E-state index contributed by atoms with van der Waals surface area (Å²) in [4.78, 5) is 26.4. The van der Waals surface area contributed by atoms with E-state index < -0.39 is 11.7 Å². The van der Waals surface area contributed by atoms with Gasteiger partial charge in [0.05, 0.1) is 16.8 Å². The van der Waals surface area contributed by atoms with Crippen molar-refractivity contribution in [3.05, 3.63) is 53.8 Å². The molecule has 0 saturated carbocycles. The molecular weight excluding hydrogens is 347 g/mol. The number of fused-ring (bicyclic) bond motifs is 1. The van der Waals surface area contributed by atoms with Gasteiger partial charge >= 0.3 is 0 Å². The maximum absolute atomic E-state index is 14.2. The molecule has 0 aliphatic carbocycles. The van der Waals surface area contributed by atoms with Gasteiger partial charge in [-0.2, -0.15) is 5.10 Å². The van der Waals surface area contributed by atoms with Crippen molar-refractivity contribution >= 4 is 34.2 Å². The monoisotopic (exact) mass is 366 g/mol. The first-order valence-corrected chi connectivity index (χ1v) is 8.89. The Morgan fingerprint density at radius 3 is 2.81 bits per heavy atom. The number of aryl methyl sites for hydroxylation is 1. The third kappa shape index (κ3) is 3.16. The fourth-order valence-electron chi connectivity index (χ4n) is 3.36. The molecule has 6 nitrogen and oxygen atoms in total. The molecule has 0 unspecified atom stereocenters. The molecule has 1 aliphatic heterocycles. The van der Waals surface area contributed by atoms with Crippen LogP contribution in [0.4, 0.5) is 15.9 Å². The number of amides is 2. The predicted octanol–water partition coefficient (Wildman–Crippen LogP) is 3.26. The summed E-state index contributed by atoms with van der Waals surface area (Å²) in [6.07, 6.45) is 0.996. The summed E-state index contributed by atoms with van der Waals surface area (Å²) in [5, 5.41) is 9.95. The van der Waals surface area contributed by atoms with Crippen molar-refractivity contribution in [2.75, 3.05) is 16.8 Å². The topological polar surface area (TPSA) is 78.1 Å². The molecule has 1 atom stereocenters. The number of hydrogen-bond donors (Lipinski definition) is 2. The van der Waals surface area contributed by atoms with Crippen LogP contribution < -0.4 is 10.2 Å². The number of rotatable bonds is 4. The second kappa shape index (κ2) is 6.83. The molecule has 4 rings (SSSR count). The van der Waals surface area contributed by atoms with Crippen LogP contribution in [-0.4, -0.2) is 28.6 Å². The molecule has 2 heterocycles. The second-order valence-electron chi connectivity index (χ2n) is 6.65. The highest BCUT2D eigenvalue weighted by molar-refractivity contribution is 6.07. The SMILES string of the molecule is CCc1ccc(NC(=O)[C@H]2CC(=O)N(c3n[nH]c4cccc(F)c34)C2)cc1. The molecule has 0 radical (unpaired) electrons. The first-order chi connectivity index (χ1) is 13.1. The Labute approximate surface area is 155 Å². The van der Waals surface area contributed by atoms with Gasteiger partial charge < -0.3 is 5.32 Å². The number of halogens is 1. The van der Waals surface area contributed by atoms with E-state index in [4.69, 9.17) is 0 Å². The van der Waals surface area contributed by atoms with Crippen LogP contribution in [0.2, 0.25) is 0 Å². The molecule has 27 heavy (non-hydrogen) atoms.